The average molecular weight is 625 g/mol. The molecule has 0 bridgehead atoms. The smallest absolute Gasteiger partial charge is 1.00 e. The molecule has 0 amide bonds. The molecule has 1 atom stereocenters. The predicted molar refractivity (Wildman–Crippen MR) is 104 cm³/mol. The molecule has 0 aromatic heterocycles. The first kappa shape index (κ1) is 22.8. The van der Waals surface area contributed by atoms with Crippen molar-refractivity contribution in [3.05, 3.63) is 62.2 Å². The standard InChI is InChI=1S/C9H6Br.C9H13.2ClH.Hf.2H2Si/c10-9-6-2-4-7-3-1-5-8(7)9;1-6-5-7(2)9(4)8(6)3;;;;;/h1-6H;5H,1-4H3;2*1H;;2*1H2/q;;;;-2;;/p-2. The van der Waals surface area contributed by atoms with Gasteiger partial charge in [-0.3, -0.25) is 0 Å². The van der Waals surface area contributed by atoms with Crippen molar-refractivity contribution in [2.24, 2.45) is 0 Å². The molecule has 3 rings (SSSR count). The molecule has 24 heavy (non-hydrogen) atoms. The molecule has 0 N–H and O–H groups in total. The van der Waals surface area contributed by atoms with Crippen LogP contribution in [0.15, 0.2) is 51.0 Å². The Morgan fingerprint density at radius 2 is 1.50 bits per heavy atom. The topological polar surface area (TPSA) is 0 Å². The normalized spacial score (nSPS) is 20.1. The van der Waals surface area contributed by atoms with Crippen LogP contribution < -0.4 is 24.8 Å². The van der Waals surface area contributed by atoms with Crippen LogP contribution in [-0.4, -0.2) is 13.9 Å². The summed E-state index contributed by atoms with van der Waals surface area (Å²) in [7, 11) is 0. The van der Waals surface area contributed by atoms with Gasteiger partial charge >= 0.3 is 150 Å². The summed E-state index contributed by atoms with van der Waals surface area (Å²) < 4.78 is 2.74. The van der Waals surface area contributed by atoms with E-state index in [0.717, 1.165) is 3.67 Å². The van der Waals surface area contributed by atoms with Crippen molar-refractivity contribution in [3.63, 3.8) is 0 Å². The van der Waals surface area contributed by atoms with E-state index in [0.29, 0.717) is 3.67 Å². The molecule has 1 aromatic rings. The first-order valence-corrected chi connectivity index (χ1v) is 29.4. The van der Waals surface area contributed by atoms with Crippen LogP contribution in [0.4, 0.5) is 0 Å². The van der Waals surface area contributed by atoms with Gasteiger partial charge in [-0.05, 0) is 0 Å². The fourth-order valence-electron chi connectivity index (χ4n) is 4.19. The van der Waals surface area contributed by atoms with Crippen molar-refractivity contribution < 1.29 is 42.0 Å². The van der Waals surface area contributed by atoms with Gasteiger partial charge < -0.3 is 24.8 Å². The maximum Gasteiger partial charge on any atom is -1.00 e. The molecule has 0 fully saturated rings. The van der Waals surface area contributed by atoms with E-state index in [1.165, 1.54) is 10.0 Å². The summed E-state index contributed by atoms with van der Waals surface area (Å²) in [6, 6.07) is 6.73. The minimum atomic E-state index is -2.52. The molecular formula is C18H23BrCl2HfSi2-4. The maximum absolute atomic E-state index is 3.73. The van der Waals surface area contributed by atoms with E-state index in [1.54, 1.807) is 27.9 Å². The van der Waals surface area contributed by atoms with Gasteiger partial charge in [-0.25, -0.2) is 0 Å². The Morgan fingerprint density at radius 3 is 2.04 bits per heavy atom. The van der Waals surface area contributed by atoms with Gasteiger partial charge in [0.2, 0.25) is 0 Å². The van der Waals surface area contributed by atoms with Crippen molar-refractivity contribution in [2.45, 2.75) is 35.0 Å². The molecular weight excluding hydrogens is 602 g/mol. The minimum absolute atomic E-state index is 0. The Kier molecular flexibility index (Phi) is 7.82. The third kappa shape index (κ3) is 3.48. The number of benzene rings is 1. The zero-order valence-electron chi connectivity index (χ0n) is 14.6. The second kappa shape index (κ2) is 8.22. The fourth-order valence-corrected chi connectivity index (χ4v) is 34.5. The third-order valence-corrected chi connectivity index (χ3v) is 33.8. The molecule has 0 aliphatic heterocycles. The number of rotatable bonds is 2. The van der Waals surface area contributed by atoms with E-state index in [2.05, 4.69) is 87.9 Å². The number of fused-ring (bicyclic) bond motifs is 1. The quantitative estimate of drug-likeness (QED) is 0.343. The van der Waals surface area contributed by atoms with E-state index < -0.39 is 17.2 Å². The van der Waals surface area contributed by atoms with E-state index in [-0.39, 0.29) is 24.8 Å². The molecule has 0 nitrogen and oxygen atoms in total. The zero-order valence-corrected chi connectivity index (χ0v) is 24.1. The second-order valence-corrected chi connectivity index (χ2v) is 50.6. The van der Waals surface area contributed by atoms with Crippen molar-refractivity contribution in [1.29, 1.82) is 0 Å². The Morgan fingerprint density at radius 1 is 0.958 bits per heavy atom. The molecule has 1 aromatic carbocycles. The van der Waals surface area contributed by atoms with Crippen LogP contribution in [0.25, 0.3) is 6.08 Å². The molecule has 0 saturated carbocycles. The van der Waals surface area contributed by atoms with Crippen LogP contribution in [0.2, 0.25) is 3.67 Å². The van der Waals surface area contributed by atoms with Crippen LogP contribution >= 0.6 is 15.9 Å². The Hall–Kier alpha value is 0.804. The molecule has 2 aliphatic carbocycles. The van der Waals surface area contributed by atoms with Crippen LogP contribution in [0.3, 0.4) is 0 Å². The van der Waals surface area contributed by atoms with Gasteiger partial charge in [0.25, 0.3) is 0 Å². The summed E-state index contributed by atoms with van der Waals surface area (Å²) in [5.41, 5.74) is 9.44. The Balaban J connectivity index is 0.00000144. The van der Waals surface area contributed by atoms with Gasteiger partial charge in [-0.15, -0.1) is 0 Å². The third-order valence-electron chi connectivity index (χ3n) is 5.68. The van der Waals surface area contributed by atoms with Crippen molar-refractivity contribution in [3.8, 4) is 0 Å². The minimum Gasteiger partial charge on any atom is -1.00 e. The van der Waals surface area contributed by atoms with Gasteiger partial charge in [0.1, 0.15) is 0 Å². The Labute approximate surface area is 173 Å². The summed E-state index contributed by atoms with van der Waals surface area (Å²) in [5, 5.41) is 0. The average Bonchev–Trinajstić information content (AvgIpc) is 2.98. The number of hydrogen-bond acceptors (Lipinski definition) is 0. The zero-order chi connectivity index (χ0) is 16.2. The van der Waals surface area contributed by atoms with Crippen LogP contribution in [-0.2, 0) is 17.2 Å². The van der Waals surface area contributed by atoms with E-state index in [9.17, 15) is 0 Å². The Bertz CT molecular complexity index is 843. The summed E-state index contributed by atoms with van der Waals surface area (Å²) >= 11 is 1.21. The van der Waals surface area contributed by atoms with Crippen molar-refractivity contribution in [2.75, 3.05) is 0 Å². The van der Waals surface area contributed by atoms with Crippen molar-refractivity contribution >= 4 is 35.9 Å². The number of hydrogen-bond donors (Lipinski definition) is 0. The summed E-state index contributed by atoms with van der Waals surface area (Å²) in [4.78, 5) is 0. The number of halogens is 3. The molecule has 0 heterocycles. The van der Waals surface area contributed by atoms with Crippen LogP contribution in [0.1, 0.15) is 42.5 Å². The largest absolute Gasteiger partial charge is 1.00 e. The number of allylic oxidation sites excluding steroid dienone is 5. The second-order valence-electron chi connectivity index (χ2n) is 6.86. The first-order valence-electron chi connectivity index (χ1n) is 7.79. The summed E-state index contributed by atoms with van der Waals surface area (Å²) in [6.07, 6.45) is 4.87. The van der Waals surface area contributed by atoms with E-state index in [4.69, 9.17) is 0 Å². The van der Waals surface area contributed by atoms with Crippen molar-refractivity contribution in [1.82, 2.24) is 0 Å². The molecule has 0 radical (unpaired) electrons. The van der Waals surface area contributed by atoms with Gasteiger partial charge in [-0.1, -0.05) is 0 Å². The SMILES string of the molecule is CC1=C(C)[CH]([Hf-2](=[SiH2])(=[SiH2])[CH]2C=Cc3c(Br)cccc32)C(C)=C1C.[Cl-].[Cl-]. The maximum atomic E-state index is 3.73. The monoisotopic (exact) mass is 624 g/mol. The van der Waals surface area contributed by atoms with Gasteiger partial charge in [0, 0.05) is 0 Å². The molecule has 0 spiro atoms. The molecule has 0 saturated heterocycles. The predicted octanol–water partition coefficient (Wildman–Crippen LogP) is -1.75. The van der Waals surface area contributed by atoms with E-state index in [1.807, 2.05) is 0 Å². The van der Waals surface area contributed by atoms with Gasteiger partial charge in [0.05, 0.1) is 0 Å². The van der Waals surface area contributed by atoms with Crippen LogP contribution in [0.5, 0.6) is 0 Å². The van der Waals surface area contributed by atoms with Gasteiger partial charge in [0.15, 0.2) is 0 Å². The summed E-state index contributed by atoms with van der Waals surface area (Å²) in [6.45, 7) is 14.2. The van der Waals surface area contributed by atoms with E-state index >= 15 is 0 Å². The fraction of sp³-hybridized carbons (Fsp3) is 0.333. The van der Waals surface area contributed by atoms with Gasteiger partial charge in [-0.2, -0.15) is 0 Å². The van der Waals surface area contributed by atoms with Crippen LogP contribution in [0, 0.1) is 0 Å². The summed E-state index contributed by atoms with van der Waals surface area (Å²) in [5.74, 6) is 0. The molecule has 2 aliphatic rings. The molecule has 132 valence electrons. The molecule has 6 heteroatoms. The first-order chi connectivity index (χ1) is 10.3. The molecule has 1 unspecified atom stereocenters.